The van der Waals surface area contributed by atoms with E-state index in [0.29, 0.717) is 25.7 Å². The third-order valence-corrected chi connectivity index (χ3v) is 5.96. The highest BCUT2D eigenvalue weighted by Crippen LogP contribution is 2.39. The van der Waals surface area contributed by atoms with E-state index in [1.807, 2.05) is 0 Å². The Morgan fingerprint density at radius 1 is 1.07 bits per heavy atom. The molecule has 0 saturated heterocycles. The van der Waals surface area contributed by atoms with Gasteiger partial charge in [0.05, 0.1) is 18.3 Å². The first-order valence-corrected chi connectivity index (χ1v) is 10.7. The fraction of sp³-hybridized carbons (Fsp3) is 0.609. The van der Waals surface area contributed by atoms with Gasteiger partial charge in [-0.05, 0) is 56.1 Å². The van der Waals surface area contributed by atoms with Crippen LogP contribution in [0.2, 0.25) is 0 Å². The van der Waals surface area contributed by atoms with E-state index in [0.717, 1.165) is 37.8 Å². The molecule has 5 unspecified atom stereocenters. The van der Waals surface area contributed by atoms with Gasteiger partial charge in [-0.25, -0.2) is 8.78 Å². The Bertz CT molecular complexity index is 709. The predicted molar refractivity (Wildman–Crippen MR) is 110 cm³/mol. The molecule has 1 aliphatic carbocycles. The maximum Gasteiger partial charge on any atom is 0.303 e. The highest BCUT2D eigenvalue weighted by molar-refractivity contribution is 5.66. The van der Waals surface area contributed by atoms with E-state index in [9.17, 15) is 28.9 Å². The number of aliphatic hydroxyl groups is 3. The van der Waals surface area contributed by atoms with Crippen LogP contribution in [-0.4, -0.2) is 44.7 Å². The third-order valence-electron chi connectivity index (χ3n) is 5.96. The molecule has 2 rings (SSSR count). The maximum atomic E-state index is 13.7. The number of carbonyl (C=O) groups is 1. The smallest absolute Gasteiger partial charge is 0.303 e. The number of hydrogen-bond acceptors (Lipinski definition) is 4. The summed E-state index contributed by atoms with van der Waals surface area (Å²) in [5, 5.41) is 39.4. The second kappa shape index (κ2) is 12.1. The molecule has 30 heavy (non-hydrogen) atoms. The minimum Gasteiger partial charge on any atom is -0.481 e. The first-order chi connectivity index (χ1) is 14.3. The number of rotatable bonds is 12. The average Bonchev–Trinajstić information content (AvgIpc) is 2.94. The van der Waals surface area contributed by atoms with Crippen LogP contribution in [0.5, 0.6) is 0 Å². The summed E-state index contributed by atoms with van der Waals surface area (Å²) in [6, 6.07) is 3.24. The van der Waals surface area contributed by atoms with E-state index >= 15 is 0 Å². The first-order valence-electron chi connectivity index (χ1n) is 10.7. The molecule has 0 aliphatic heterocycles. The third kappa shape index (κ3) is 7.78. The van der Waals surface area contributed by atoms with E-state index in [4.69, 9.17) is 5.11 Å². The Morgan fingerprint density at radius 2 is 1.73 bits per heavy atom. The van der Waals surface area contributed by atoms with E-state index in [1.165, 1.54) is 18.2 Å². The molecule has 1 fully saturated rings. The van der Waals surface area contributed by atoms with Crippen molar-refractivity contribution in [3.05, 3.63) is 41.5 Å². The first kappa shape index (κ1) is 24.4. The largest absolute Gasteiger partial charge is 0.481 e. The summed E-state index contributed by atoms with van der Waals surface area (Å²) in [5.41, 5.74) is 0.188. The lowest BCUT2D eigenvalue weighted by Crippen LogP contribution is -2.23. The Balaban J connectivity index is 1.79. The molecule has 0 amide bonds. The standard InChI is InChI=1S/C23H32F2O5/c24-16-9-7-15(20(25)13-16)8-10-17(26)11-12-19-18(21(27)14-22(19)28)5-3-1-2-4-6-23(29)30/h7-10,13,17-19,21-22,26-28H,1-6,11-12,14H2,(H,29,30)/b10-8+. The van der Waals surface area contributed by atoms with Gasteiger partial charge in [-0.3, -0.25) is 4.79 Å². The van der Waals surface area contributed by atoms with E-state index in [1.54, 1.807) is 0 Å². The fourth-order valence-corrected chi connectivity index (χ4v) is 4.30. The van der Waals surface area contributed by atoms with Gasteiger partial charge in [-0.15, -0.1) is 0 Å². The maximum absolute atomic E-state index is 13.7. The lowest BCUT2D eigenvalue weighted by Gasteiger charge is -2.24. The Kier molecular flexibility index (Phi) is 9.88. The molecule has 4 N–H and O–H groups in total. The quantitative estimate of drug-likeness (QED) is 0.380. The molecule has 1 aromatic rings. The van der Waals surface area contributed by atoms with Gasteiger partial charge in [0.25, 0.3) is 0 Å². The molecule has 1 aromatic carbocycles. The molecule has 0 aromatic heterocycles. The second-order valence-corrected chi connectivity index (χ2v) is 8.21. The number of halogens is 2. The summed E-state index contributed by atoms with van der Waals surface area (Å²) in [6.45, 7) is 0. The van der Waals surface area contributed by atoms with Gasteiger partial charge in [0.15, 0.2) is 0 Å². The van der Waals surface area contributed by atoms with Crippen molar-refractivity contribution in [1.29, 1.82) is 0 Å². The van der Waals surface area contributed by atoms with Crippen LogP contribution in [0.4, 0.5) is 8.78 Å². The van der Waals surface area contributed by atoms with Crippen molar-refractivity contribution in [2.45, 2.75) is 76.1 Å². The monoisotopic (exact) mass is 426 g/mol. The Morgan fingerprint density at radius 3 is 2.40 bits per heavy atom. The van der Waals surface area contributed by atoms with E-state index in [-0.39, 0.29) is 23.8 Å². The van der Waals surface area contributed by atoms with Gasteiger partial charge in [0, 0.05) is 18.1 Å². The normalized spacial score (nSPS) is 25.1. The molecule has 1 saturated carbocycles. The van der Waals surface area contributed by atoms with Crippen molar-refractivity contribution in [3.8, 4) is 0 Å². The summed E-state index contributed by atoms with van der Waals surface area (Å²) in [4.78, 5) is 10.5. The van der Waals surface area contributed by atoms with Gasteiger partial charge in [-0.1, -0.05) is 31.4 Å². The summed E-state index contributed by atoms with van der Waals surface area (Å²) in [6.07, 6.45) is 6.16. The predicted octanol–water partition coefficient (Wildman–Crippen LogP) is 3.90. The van der Waals surface area contributed by atoms with Gasteiger partial charge in [-0.2, -0.15) is 0 Å². The number of carboxylic acid groups (broad SMARTS) is 1. The van der Waals surface area contributed by atoms with Crippen LogP contribution >= 0.6 is 0 Å². The molecule has 168 valence electrons. The SMILES string of the molecule is O=C(O)CCCCCCC1C(O)CC(O)C1CCC(O)/C=C/c1ccc(F)cc1F. The van der Waals surface area contributed by atoms with E-state index < -0.39 is 35.9 Å². The van der Waals surface area contributed by atoms with Gasteiger partial charge >= 0.3 is 5.97 Å². The van der Waals surface area contributed by atoms with Crippen molar-refractivity contribution < 1.29 is 34.0 Å². The minimum absolute atomic E-state index is 0.0507. The van der Waals surface area contributed by atoms with Crippen LogP contribution < -0.4 is 0 Å². The number of hydrogen-bond donors (Lipinski definition) is 4. The van der Waals surface area contributed by atoms with Crippen molar-refractivity contribution in [1.82, 2.24) is 0 Å². The minimum atomic E-state index is -0.837. The Hall–Kier alpha value is -1.83. The molecule has 0 radical (unpaired) electrons. The molecule has 5 atom stereocenters. The summed E-state index contributed by atoms with van der Waals surface area (Å²) in [5.74, 6) is -2.32. The van der Waals surface area contributed by atoms with Crippen molar-refractivity contribution in [3.63, 3.8) is 0 Å². The number of carboxylic acids is 1. The molecular formula is C23H32F2O5. The number of unbranched alkanes of at least 4 members (excludes halogenated alkanes) is 3. The zero-order valence-corrected chi connectivity index (χ0v) is 17.1. The Labute approximate surface area is 176 Å². The second-order valence-electron chi connectivity index (χ2n) is 8.21. The molecule has 0 bridgehead atoms. The van der Waals surface area contributed by atoms with Gasteiger partial charge < -0.3 is 20.4 Å². The molecular weight excluding hydrogens is 394 g/mol. The average molecular weight is 427 g/mol. The van der Waals surface area contributed by atoms with E-state index in [2.05, 4.69) is 0 Å². The van der Waals surface area contributed by atoms with Crippen LogP contribution in [0.15, 0.2) is 24.3 Å². The molecule has 7 heteroatoms. The zero-order valence-electron chi connectivity index (χ0n) is 17.1. The van der Waals surface area contributed by atoms with Crippen LogP contribution in [0.25, 0.3) is 6.08 Å². The van der Waals surface area contributed by atoms with Crippen LogP contribution in [-0.2, 0) is 4.79 Å². The summed E-state index contributed by atoms with van der Waals surface area (Å²) >= 11 is 0. The highest BCUT2D eigenvalue weighted by atomic mass is 19.1. The summed E-state index contributed by atoms with van der Waals surface area (Å²) < 4.78 is 26.6. The molecule has 5 nitrogen and oxygen atoms in total. The summed E-state index contributed by atoms with van der Waals surface area (Å²) in [7, 11) is 0. The number of benzene rings is 1. The molecule has 0 spiro atoms. The lowest BCUT2D eigenvalue weighted by atomic mass is 9.85. The van der Waals surface area contributed by atoms with Crippen LogP contribution in [0.3, 0.4) is 0 Å². The number of aliphatic hydroxyl groups excluding tert-OH is 3. The van der Waals surface area contributed by atoms with Gasteiger partial charge in [0.2, 0.25) is 0 Å². The van der Waals surface area contributed by atoms with Crippen molar-refractivity contribution in [2.75, 3.05) is 0 Å². The number of aliphatic carboxylic acids is 1. The fourth-order valence-electron chi connectivity index (χ4n) is 4.30. The zero-order chi connectivity index (χ0) is 22.1. The van der Waals surface area contributed by atoms with Gasteiger partial charge in [0.1, 0.15) is 11.6 Å². The molecule has 0 heterocycles. The van der Waals surface area contributed by atoms with Crippen molar-refractivity contribution >= 4 is 12.0 Å². The van der Waals surface area contributed by atoms with Crippen LogP contribution in [0, 0.1) is 23.5 Å². The van der Waals surface area contributed by atoms with Crippen molar-refractivity contribution in [2.24, 2.45) is 11.8 Å². The highest BCUT2D eigenvalue weighted by Gasteiger charge is 2.40. The molecule has 1 aliphatic rings. The van der Waals surface area contributed by atoms with Crippen LogP contribution in [0.1, 0.15) is 63.4 Å². The topological polar surface area (TPSA) is 98.0 Å². The lowest BCUT2D eigenvalue weighted by molar-refractivity contribution is -0.137.